The quantitative estimate of drug-likeness (QED) is 0.340. The fraction of sp³-hybridized carbons (Fsp3) is 0.154. The van der Waals surface area contributed by atoms with Gasteiger partial charge in [0.25, 0.3) is 11.8 Å². The number of rotatable bonds is 4. The van der Waals surface area contributed by atoms with Crippen LogP contribution < -0.4 is 11.2 Å². The number of hydroxylamine groups is 1. The van der Waals surface area contributed by atoms with Crippen molar-refractivity contribution in [2.45, 2.75) is 25.6 Å². The van der Waals surface area contributed by atoms with Crippen LogP contribution in [0.1, 0.15) is 34.0 Å². The molecule has 0 bridgehead atoms. The first-order valence-electron chi connectivity index (χ1n) is 10.3. The number of carbonyl (C=O) groups excluding carboxylic acids is 2. The van der Waals surface area contributed by atoms with Crippen molar-refractivity contribution in [3.05, 3.63) is 95.1 Å². The first-order chi connectivity index (χ1) is 15.5. The molecule has 0 saturated heterocycles. The van der Waals surface area contributed by atoms with Gasteiger partial charge in [-0.3, -0.25) is 14.8 Å². The van der Waals surface area contributed by atoms with E-state index in [1.807, 2.05) is 48.5 Å². The summed E-state index contributed by atoms with van der Waals surface area (Å²) in [4.78, 5) is 26.2. The molecule has 4 rings (SSSR count). The average molecular weight is 425 g/mol. The smallest absolute Gasteiger partial charge is 0.267 e. The molecule has 1 aliphatic heterocycles. The first kappa shape index (κ1) is 21.3. The Hall–Kier alpha value is -3.92. The van der Waals surface area contributed by atoms with Gasteiger partial charge in [-0.15, -0.1) is 0 Å². The van der Waals surface area contributed by atoms with Crippen LogP contribution >= 0.6 is 0 Å². The highest BCUT2D eigenvalue weighted by atomic mass is 16.5. The predicted molar refractivity (Wildman–Crippen MR) is 122 cm³/mol. The van der Waals surface area contributed by atoms with E-state index >= 15 is 0 Å². The number of nitrogens with two attached hydrogens (primary N) is 1. The van der Waals surface area contributed by atoms with E-state index in [2.05, 4.69) is 24.0 Å². The molecule has 32 heavy (non-hydrogen) atoms. The maximum atomic E-state index is 12.8. The maximum Gasteiger partial charge on any atom is 0.267 e. The maximum absolute atomic E-state index is 12.8. The molecular formula is C26H23N3O3. The van der Waals surface area contributed by atoms with E-state index in [1.54, 1.807) is 24.5 Å². The van der Waals surface area contributed by atoms with Crippen LogP contribution in [0.3, 0.4) is 0 Å². The summed E-state index contributed by atoms with van der Waals surface area (Å²) in [5, 5.41) is 9.01. The third-order valence-corrected chi connectivity index (χ3v) is 5.49. The molecule has 0 radical (unpaired) electrons. The molecule has 1 heterocycles. The van der Waals surface area contributed by atoms with Crippen molar-refractivity contribution in [2.24, 2.45) is 5.73 Å². The molecule has 0 unspecified atom stereocenters. The number of hydrogen-bond acceptors (Lipinski definition) is 4. The Morgan fingerprint density at radius 1 is 1.00 bits per heavy atom. The molecule has 0 saturated carbocycles. The van der Waals surface area contributed by atoms with Crippen molar-refractivity contribution in [1.29, 1.82) is 0 Å². The Morgan fingerprint density at radius 3 is 2.28 bits per heavy atom. The van der Waals surface area contributed by atoms with Crippen LogP contribution in [-0.4, -0.2) is 34.0 Å². The van der Waals surface area contributed by atoms with Gasteiger partial charge in [-0.25, -0.2) is 5.48 Å². The second-order valence-electron chi connectivity index (χ2n) is 7.78. The van der Waals surface area contributed by atoms with Gasteiger partial charge in [0.15, 0.2) is 0 Å². The van der Waals surface area contributed by atoms with Crippen LogP contribution in [0.25, 0.3) is 11.1 Å². The second kappa shape index (κ2) is 9.06. The van der Waals surface area contributed by atoms with Crippen molar-refractivity contribution in [3.63, 3.8) is 0 Å². The van der Waals surface area contributed by atoms with Crippen LogP contribution in [0.4, 0.5) is 0 Å². The summed E-state index contributed by atoms with van der Waals surface area (Å²) in [6.07, 6.45) is 0. The van der Waals surface area contributed by atoms with Crippen LogP contribution in [-0.2, 0) is 11.3 Å². The van der Waals surface area contributed by atoms with Gasteiger partial charge in [0.2, 0.25) is 0 Å². The average Bonchev–Trinajstić information content (AvgIpc) is 3.13. The van der Waals surface area contributed by atoms with Crippen molar-refractivity contribution >= 4 is 11.8 Å². The molecule has 3 aromatic carbocycles. The summed E-state index contributed by atoms with van der Waals surface area (Å²) in [6, 6.07) is 21.9. The zero-order valence-electron chi connectivity index (χ0n) is 17.6. The number of fused-ring (bicyclic) bond motifs is 1. The monoisotopic (exact) mass is 425 g/mol. The molecule has 6 heteroatoms. The van der Waals surface area contributed by atoms with Gasteiger partial charge in [0.1, 0.15) is 6.04 Å². The lowest BCUT2D eigenvalue weighted by molar-refractivity contribution is -0.134. The van der Waals surface area contributed by atoms with Crippen molar-refractivity contribution in [2.75, 3.05) is 0 Å². The van der Waals surface area contributed by atoms with Gasteiger partial charge in [-0.05, 0) is 53.9 Å². The van der Waals surface area contributed by atoms with Crippen LogP contribution in [0.15, 0.2) is 72.8 Å². The third kappa shape index (κ3) is 4.26. The Labute approximate surface area is 186 Å². The summed E-state index contributed by atoms with van der Waals surface area (Å²) in [6.45, 7) is 1.85. The van der Waals surface area contributed by atoms with Crippen LogP contribution in [0.2, 0.25) is 0 Å². The number of benzene rings is 3. The van der Waals surface area contributed by atoms with Crippen LogP contribution in [0, 0.1) is 11.8 Å². The molecule has 0 aliphatic carbocycles. The summed E-state index contributed by atoms with van der Waals surface area (Å²) < 4.78 is 0. The minimum absolute atomic E-state index is 0.231. The van der Waals surface area contributed by atoms with E-state index < -0.39 is 18.0 Å². The molecule has 2 atom stereocenters. The standard InChI is InChI=1S/C26H23N3O3/c1-17(27)24(25(30)28-32)29-16-22-15-19(11-14-23(22)26(29)31)8-7-18-9-12-21(13-10-18)20-5-3-2-4-6-20/h2-6,9-15,17,24,32H,16,27H2,1H3,(H,28,30)/t17-,24+/m1/s1. The van der Waals surface area contributed by atoms with E-state index in [9.17, 15) is 9.59 Å². The lowest BCUT2D eigenvalue weighted by Crippen LogP contribution is -2.54. The molecule has 6 nitrogen and oxygen atoms in total. The third-order valence-electron chi connectivity index (χ3n) is 5.49. The SMILES string of the molecule is C[C@@H](N)[C@@H](C(=O)NO)N1Cc2cc(C#Cc3ccc(-c4ccccc4)cc3)ccc2C1=O. The van der Waals surface area contributed by atoms with Crippen molar-refractivity contribution < 1.29 is 14.8 Å². The first-order valence-corrected chi connectivity index (χ1v) is 10.3. The molecule has 1 aliphatic rings. The molecule has 0 fully saturated rings. The number of nitrogens with one attached hydrogen (secondary N) is 1. The minimum atomic E-state index is -0.961. The highest BCUT2D eigenvalue weighted by Gasteiger charge is 2.38. The summed E-state index contributed by atoms with van der Waals surface area (Å²) in [5.41, 5.74) is 12.7. The largest absolute Gasteiger partial charge is 0.326 e. The topological polar surface area (TPSA) is 95.7 Å². The zero-order valence-corrected chi connectivity index (χ0v) is 17.6. The summed E-state index contributed by atoms with van der Waals surface area (Å²) in [5.74, 6) is 5.30. The molecule has 0 aromatic heterocycles. The van der Waals surface area contributed by atoms with Gasteiger partial charge in [0.05, 0.1) is 0 Å². The lowest BCUT2D eigenvalue weighted by atomic mass is 10.0. The Morgan fingerprint density at radius 2 is 1.62 bits per heavy atom. The predicted octanol–water partition coefficient (Wildman–Crippen LogP) is 2.93. The zero-order chi connectivity index (χ0) is 22.7. The number of nitrogens with zero attached hydrogens (tertiary/aromatic N) is 1. The lowest BCUT2D eigenvalue weighted by Gasteiger charge is -2.28. The van der Waals surface area contributed by atoms with Gasteiger partial charge in [-0.2, -0.15) is 0 Å². The van der Waals surface area contributed by atoms with E-state index in [0.717, 1.165) is 27.8 Å². The highest BCUT2D eigenvalue weighted by Crippen LogP contribution is 2.26. The van der Waals surface area contributed by atoms with Crippen LogP contribution in [0.5, 0.6) is 0 Å². The van der Waals surface area contributed by atoms with E-state index in [-0.39, 0.29) is 12.5 Å². The second-order valence-corrected chi connectivity index (χ2v) is 7.78. The van der Waals surface area contributed by atoms with Crippen molar-refractivity contribution in [1.82, 2.24) is 10.4 Å². The Bertz CT molecular complexity index is 1210. The Balaban J connectivity index is 1.53. The number of amides is 2. The highest BCUT2D eigenvalue weighted by molar-refractivity contribution is 6.01. The van der Waals surface area contributed by atoms with E-state index in [0.29, 0.717) is 5.56 Å². The molecule has 4 N–H and O–H groups in total. The fourth-order valence-corrected chi connectivity index (χ4v) is 3.90. The van der Waals surface area contributed by atoms with Gasteiger partial charge >= 0.3 is 0 Å². The molecule has 160 valence electrons. The molecule has 2 amide bonds. The Kier molecular flexibility index (Phi) is 6.04. The molecule has 3 aromatic rings. The van der Waals surface area contributed by atoms with E-state index in [1.165, 1.54) is 4.90 Å². The number of hydrogen-bond donors (Lipinski definition) is 3. The molecule has 0 spiro atoms. The van der Waals surface area contributed by atoms with Crippen molar-refractivity contribution in [3.8, 4) is 23.0 Å². The van der Waals surface area contributed by atoms with Gasteiger partial charge < -0.3 is 10.6 Å². The summed E-state index contributed by atoms with van der Waals surface area (Å²) in [7, 11) is 0. The normalized spacial score (nSPS) is 14.2. The van der Waals surface area contributed by atoms with Gasteiger partial charge in [0, 0.05) is 29.3 Å². The fourth-order valence-electron chi connectivity index (χ4n) is 3.90. The molecular weight excluding hydrogens is 402 g/mol. The van der Waals surface area contributed by atoms with E-state index in [4.69, 9.17) is 10.9 Å². The minimum Gasteiger partial charge on any atom is -0.326 e. The van der Waals surface area contributed by atoms with Gasteiger partial charge in [-0.1, -0.05) is 54.3 Å². The summed E-state index contributed by atoms with van der Waals surface area (Å²) >= 11 is 0. The number of carbonyl (C=O) groups is 2.